The lowest BCUT2D eigenvalue weighted by Crippen LogP contribution is -2.52. The molecule has 1 saturated heterocycles. The Balaban J connectivity index is 1.24. The van der Waals surface area contributed by atoms with Gasteiger partial charge in [0.25, 0.3) is 0 Å². The number of rotatable bonds is 9. The molecule has 0 radical (unpaired) electrons. The molecule has 7 rings (SSSR count). The summed E-state index contributed by atoms with van der Waals surface area (Å²) in [5.74, 6) is 1.74. The van der Waals surface area contributed by atoms with Crippen LogP contribution in [0.4, 0.5) is 5.69 Å². The lowest BCUT2D eigenvalue weighted by atomic mass is 9.53. The van der Waals surface area contributed by atoms with Gasteiger partial charge in [-0.1, -0.05) is 45.0 Å². The summed E-state index contributed by atoms with van der Waals surface area (Å²) in [5.41, 5.74) is 2.56. The number of hydrogen-bond acceptors (Lipinski definition) is 8. The van der Waals surface area contributed by atoms with Crippen molar-refractivity contribution in [1.82, 2.24) is 20.1 Å². The largest absolute Gasteiger partial charge is 0.464 e. The van der Waals surface area contributed by atoms with Crippen LogP contribution in [0.25, 0.3) is 11.1 Å². The van der Waals surface area contributed by atoms with Crippen LogP contribution < -0.4 is 9.64 Å². The van der Waals surface area contributed by atoms with Crippen molar-refractivity contribution in [1.29, 1.82) is 0 Å². The Morgan fingerprint density at radius 1 is 1.02 bits per heavy atom. The molecule has 0 atom stereocenters. The summed E-state index contributed by atoms with van der Waals surface area (Å²) in [5, 5.41) is 4.46. The van der Waals surface area contributed by atoms with E-state index in [0.717, 1.165) is 61.2 Å². The lowest BCUT2D eigenvalue weighted by molar-refractivity contribution is -0.137. The van der Waals surface area contributed by atoms with Crippen LogP contribution in [0.15, 0.2) is 41.2 Å². The zero-order valence-corrected chi connectivity index (χ0v) is 25.6. The molecule has 42 heavy (non-hydrogen) atoms. The molecule has 1 amide bonds. The van der Waals surface area contributed by atoms with Gasteiger partial charge in [0.1, 0.15) is 0 Å². The molecular weight excluding hydrogens is 530 g/mol. The number of fused-ring (bicyclic) bond motifs is 3. The summed E-state index contributed by atoms with van der Waals surface area (Å²) in [7, 11) is 0. The van der Waals surface area contributed by atoms with Gasteiger partial charge in [0, 0.05) is 52.9 Å². The predicted molar refractivity (Wildman–Crippen MR) is 159 cm³/mol. The number of nitrogens with zero attached hydrogens (tertiary/aromatic N) is 5. The summed E-state index contributed by atoms with van der Waals surface area (Å²) >= 11 is 0. The third-order valence-corrected chi connectivity index (χ3v) is 9.61. The van der Waals surface area contributed by atoms with Crippen molar-refractivity contribution in [3.05, 3.63) is 48.4 Å². The zero-order valence-electron chi connectivity index (χ0n) is 25.6. The van der Waals surface area contributed by atoms with Crippen LogP contribution in [-0.4, -0.2) is 52.4 Å². The fourth-order valence-corrected chi connectivity index (χ4v) is 6.77. The van der Waals surface area contributed by atoms with Crippen LogP contribution >= 0.6 is 0 Å². The van der Waals surface area contributed by atoms with Crippen LogP contribution in [0.1, 0.15) is 91.3 Å². The van der Waals surface area contributed by atoms with Gasteiger partial charge in [0.2, 0.25) is 11.8 Å². The molecule has 0 spiro atoms. The lowest BCUT2D eigenvalue weighted by Gasteiger charge is -2.53. The molecule has 2 bridgehead atoms. The Kier molecular flexibility index (Phi) is 7.36. The van der Waals surface area contributed by atoms with Gasteiger partial charge in [0.15, 0.2) is 5.82 Å². The van der Waals surface area contributed by atoms with E-state index >= 15 is 0 Å². The molecular formula is C33H43N5O4. The fraction of sp³-hybridized carbons (Fsp3) is 0.606. The molecule has 3 heterocycles. The molecule has 3 saturated carbocycles. The number of benzene rings is 1. The van der Waals surface area contributed by atoms with Crippen molar-refractivity contribution in [3.8, 4) is 17.1 Å². The highest BCUT2D eigenvalue weighted by molar-refractivity contribution is 5.94. The molecule has 1 aliphatic heterocycles. The van der Waals surface area contributed by atoms with Crippen molar-refractivity contribution in [2.75, 3.05) is 31.3 Å². The van der Waals surface area contributed by atoms with Crippen molar-refractivity contribution in [2.24, 2.45) is 10.8 Å². The van der Waals surface area contributed by atoms with Gasteiger partial charge in [-0.3, -0.25) is 4.79 Å². The number of aromatic nitrogens is 4. The first-order chi connectivity index (χ1) is 20.0. The van der Waals surface area contributed by atoms with Gasteiger partial charge < -0.3 is 18.9 Å². The maximum Gasteiger partial charge on any atom is 0.316 e. The minimum atomic E-state index is -0.163. The average molecular weight is 574 g/mol. The van der Waals surface area contributed by atoms with Gasteiger partial charge in [-0.15, -0.1) is 0 Å². The van der Waals surface area contributed by atoms with Crippen LogP contribution in [0, 0.1) is 10.8 Å². The molecule has 9 nitrogen and oxygen atoms in total. The molecule has 0 N–H and O–H groups in total. The second kappa shape index (κ2) is 10.7. The Morgan fingerprint density at radius 2 is 1.71 bits per heavy atom. The van der Waals surface area contributed by atoms with Crippen LogP contribution in [0.5, 0.6) is 6.01 Å². The van der Waals surface area contributed by atoms with Gasteiger partial charge in [0.05, 0.1) is 19.8 Å². The van der Waals surface area contributed by atoms with Crippen LogP contribution in [0.3, 0.4) is 0 Å². The molecule has 3 aromatic rings. The predicted octanol–water partition coefficient (Wildman–Crippen LogP) is 6.27. The maximum atomic E-state index is 14.0. The number of amides is 1. The van der Waals surface area contributed by atoms with Gasteiger partial charge in [-0.05, 0) is 68.6 Å². The van der Waals surface area contributed by atoms with Crippen LogP contribution in [0.2, 0.25) is 0 Å². The van der Waals surface area contributed by atoms with E-state index < -0.39 is 0 Å². The Labute approximate surface area is 248 Å². The molecule has 224 valence electrons. The molecule has 4 fully saturated rings. The molecule has 1 aromatic carbocycles. The number of hydrogen-bond donors (Lipinski definition) is 0. The van der Waals surface area contributed by atoms with Gasteiger partial charge >= 0.3 is 6.01 Å². The van der Waals surface area contributed by atoms with Crippen molar-refractivity contribution in [3.63, 3.8) is 0 Å². The first-order valence-corrected chi connectivity index (χ1v) is 15.3. The van der Waals surface area contributed by atoms with E-state index in [1.54, 1.807) is 12.4 Å². The summed E-state index contributed by atoms with van der Waals surface area (Å²) in [6.07, 6.45) is 10.2. The third-order valence-electron chi connectivity index (χ3n) is 9.61. The van der Waals surface area contributed by atoms with Crippen molar-refractivity contribution in [2.45, 2.75) is 90.4 Å². The highest BCUT2D eigenvalue weighted by Gasteiger charge is 2.53. The molecule has 4 aliphatic rings. The van der Waals surface area contributed by atoms with E-state index in [4.69, 9.17) is 19.0 Å². The van der Waals surface area contributed by atoms with E-state index in [0.29, 0.717) is 44.7 Å². The number of carbonyl (C=O) groups excluding carboxylic acids is 1. The van der Waals surface area contributed by atoms with E-state index in [9.17, 15) is 4.79 Å². The Hall–Kier alpha value is -3.33. The minimum Gasteiger partial charge on any atom is -0.464 e. The number of anilines is 1. The normalized spacial score (nSPS) is 24.7. The SMILES string of the molecule is CCOc1ncc(-c2cccc(N(CC34CCC(c5noc(C(C)(C)C)n5)(CC3)CC4)C(=O)CC3(C)COC3)c2)cn1. The standard InChI is InChI=1S/C33H43N5O4/c1-6-41-29-34-18-24(19-35-29)23-8-7-9-25(16-23)38(26(39)17-31(5)21-40-22-31)20-32-10-13-33(14-11-32,15-12-32)27-36-28(42-37-27)30(2,3)4/h7-9,16,18-19H,6,10-15,17,20-22H2,1-5H3. The maximum absolute atomic E-state index is 14.0. The second-order valence-electron chi connectivity index (χ2n) is 14.2. The number of ether oxygens (including phenoxy) is 2. The topological polar surface area (TPSA) is 103 Å². The molecule has 0 unspecified atom stereocenters. The number of carbonyl (C=O) groups is 1. The minimum absolute atomic E-state index is 0.0199. The smallest absolute Gasteiger partial charge is 0.316 e. The van der Waals surface area contributed by atoms with Gasteiger partial charge in [-0.25, -0.2) is 9.97 Å². The Bertz CT molecular complexity index is 1400. The van der Waals surface area contributed by atoms with E-state index in [2.05, 4.69) is 55.0 Å². The average Bonchev–Trinajstić information content (AvgIpc) is 3.49. The first-order valence-electron chi connectivity index (χ1n) is 15.3. The summed E-state index contributed by atoms with van der Waals surface area (Å²) in [6.45, 7) is 12.9. The highest BCUT2D eigenvalue weighted by Crippen LogP contribution is 2.58. The zero-order chi connectivity index (χ0) is 29.6. The van der Waals surface area contributed by atoms with Crippen LogP contribution in [-0.2, 0) is 20.4 Å². The Morgan fingerprint density at radius 3 is 2.29 bits per heavy atom. The summed E-state index contributed by atoms with van der Waals surface area (Å²) in [4.78, 5) is 29.7. The monoisotopic (exact) mass is 573 g/mol. The van der Waals surface area contributed by atoms with E-state index in [-0.39, 0.29) is 27.6 Å². The molecule has 3 aliphatic carbocycles. The van der Waals surface area contributed by atoms with E-state index in [1.807, 2.05) is 24.0 Å². The highest BCUT2D eigenvalue weighted by atomic mass is 16.5. The van der Waals surface area contributed by atoms with E-state index in [1.165, 1.54) is 0 Å². The summed E-state index contributed by atoms with van der Waals surface area (Å²) in [6, 6.07) is 8.57. The summed E-state index contributed by atoms with van der Waals surface area (Å²) < 4.78 is 16.6. The second-order valence-corrected chi connectivity index (χ2v) is 14.2. The molecule has 9 heteroatoms. The third kappa shape index (κ3) is 5.55. The fourth-order valence-electron chi connectivity index (χ4n) is 6.77. The molecule has 2 aromatic heterocycles. The van der Waals surface area contributed by atoms with Crippen molar-refractivity contribution >= 4 is 11.6 Å². The van der Waals surface area contributed by atoms with Crippen molar-refractivity contribution < 1.29 is 18.8 Å². The quantitative estimate of drug-likeness (QED) is 0.295. The van der Waals surface area contributed by atoms with Gasteiger partial charge in [-0.2, -0.15) is 4.98 Å². The first kappa shape index (κ1) is 28.8.